The molecular formula is C24H19NO5. The van der Waals surface area contributed by atoms with Gasteiger partial charge in [0.2, 0.25) is 0 Å². The summed E-state index contributed by atoms with van der Waals surface area (Å²) in [7, 11) is 0. The number of aliphatic hydroxyl groups is 1. The lowest BCUT2D eigenvalue weighted by Gasteiger charge is -2.13. The van der Waals surface area contributed by atoms with E-state index in [2.05, 4.69) is 0 Å². The van der Waals surface area contributed by atoms with Gasteiger partial charge in [-0.25, -0.2) is 9.59 Å². The lowest BCUT2D eigenvalue weighted by Crippen LogP contribution is -2.08. The van der Waals surface area contributed by atoms with Crippen LogP contribution in [0.2, 0.25) is 0 Å². The summed E-state index contributed by atoms with van der Waals surface area (Å²) in [5.41, 5.74) is 1.81. The Labute approximate surface area is 172 Å². The van der Waals surface area contributed by atoms with Gasteiger partial charge in [0, 0.05) is 12.4 Å². The molecule has 4 rings (SSSR count). The van der Waals surface area contributed by atoms with Crippen molar-refractivity contribution in [2.24, 2.45) is 0 Å². The van der Waals surface area contributed by atoms with Crippen molar-refractivity contribution in [2.75, 3.05) is 0 Å². The number of aromatic nitrogens is 1. The molecule has 6 heteroatoms. The third-order valence-corrected chi connectivity index (χ3v) is 4.90. The van der Waals surface area contributed by atoms with Gasteiger partial charge in [0.05, 0.1) is 11.1 Å². The van der Waals surface area contributed by atoms with Crippen LogP contribution in [0.3, 0.4) is 0 Å². The lowest BCUT2D eigenvalue weighted by molar-refractivity contribution is 0.0372. The summed E-state index contributed by atoms with van der Waals surface area (Å²) in [5.74, 6) is -1.45. The van der Waals surface area contributed by atoms with Crippen LogP contribution in [0.1, 0.15) is 37.9 Å². The third-order valence-electron chi connectivity index (χ3n) is 4.90. The van der Waals surface area contributed by atoms with Gasteiger partial charge in [0.15, 0.2) is 6.73 Å². The molecule has 0 bridgehead atoms. The summed E-state index contributed by atoms with van der Waals surface area (Å²) in [5, 5.41) is 21.4. The van der Waals surface area contributed by atoms with E-state index in [1.165, 1.54) is 12.1 Å². The molecule has 6 nitrogen and oxygen atoms in total. The summed E-state index contributed by atoms with van der Waals surface area (Å²) >= 11 is 0. The van der Waals surface area contributed by atoms with Gasteiger partial charge in [-0.15, -0.1) is 0 Å². The Morgan fingerprint density at radius 2 is 1.47 bits per heavy atom. The molecule has 0 aliphatic carbocycles. The summed E-state index contributed by atoms with van der Waals surface area (Å²) in [6.45, 7) is 0.134. The first-order valence-corrected chi connectivity index (χ1v) is 9.34. The van der Waals surface area contributed by atoms with Crippen LogP contribution in [0, 0.1) is 0 Å². The Bertz CT molecular complexity index is 1200. The van der Waals surface area contributed by atoms with Crippen LogP contribution >= 0.6 is 0 Å². The van der Waals surface area contributed by atoms with Crippen molar-refractivity contribution in [2.45, 2.75) is 12.8 Å². The van der Waals surface area contributed by atoms with Crippen LogP contribution in [-0.2, 0) is 11.5 Å². The van der Waals surface area contributed by atoms with E-state index >= 15 is 0 Å². The minimum Gasteiger partial charge on any atom is -0.478 e. The molecule has 1 aromatic heterocycles. The number of hydrogen-bond donors (Lipinski definition) is 2. The van der Waals surface area contributed by atoms with Crippen molar-refractivity contribution in [1.29, 1.82) is 0 Å². The van der Waals surface area contributed by atoms with Crippen molar-refractivity contribution in [3.05, 3.63) is 107 Å². The number of aromatic carboxylic acids is 1. The standard InChI is InChI=1S/C24H19NO5/c26-22(17-5-7-18(8-6-17)23(27)28)19-9-3-16-4-10-20(14-21(16)13-19)24(29)30-15-25-11-1-2-12-25/h1-14,22,26H,15H2,(H,27,28). The molecule has 1 atom stereocenters. The molecule has 0 spiro atoms. The minimum absolute atomic E-state index is 0.134. The molecule has 150 valence electrons. The quantitative estimate of drug-likeness (QED) is 0.472. The molecule has 3 aromatic carbocycles. The normalized spacial score (nSPS) is 11.9. The first-order chi connectivity index (χ1) is 14.5. The third kappa shape index (κ3) is 4.09. The smallest absolute Gasteiger partial charge is 0.339 e. The largest absolute Gasteiger partial charge is 0.478 e. The van der Waals surface area contributed by atoms with Crippen molar-refractivity contribution in [3.63, 3.8) is 0 Å². The predicted octanol–water partition coefficient (Wildman–Crippen LogP) is 4.24. The molecule has 0 saturated carbocycles. The predicted molar refractivity (Wildman–Crippen MR) is 111 cm³/mol. The Hall–Kier alpha value is -3.90. The second-order valence-electron chi connectivity index (χ2n) is 6.91. The number of aliphatic hydroxyl groups excluding tert-OH is 1. The van der Waals surface area contributed by atoms with Crippen molar-refractivity contribution >= 4 is 22.7 Å². The fourth-order valence-electron chi connectivity index (χ4n) is 3.24. The maximum Gasteiger partial charge on any atom is 0.339 e. The van der Waals surface area contributed by atoms with Gasteiger partial charge in [0.25, 0.3) is 0 Å². The van der Waals surface area contributed by atoms with Gasteiger partial charge < -0.3 is 19.5 Å². The zero-order valence-electron chi connectivity index (χ0n) is 15.9. The first kappa shape index (κ1) is 19.4. The number of hydrogen-bond acceptors (Lipinski definition) is 4. The molecule has 2 N–H and O–H groups in total. The van der Waals surface area contributed by atoms with E-state index in [4.69, 9.17) is 9.84 Å². The number of carbonyl (C=O) groups excluding carboxylic acids is 1. The number of carbonyl (C=O) groups is 2. The summed E-state index contributed by atoms with van der Waals surface area (Å²) < 4.78 is 7.08. The Kier molecular flexibility index (Phi) is 5.32. The van der Waals surface area contributed by atoms with E-state index in [0.717, 1.165) is 10.8 Å². The average molecular weight is 401 g/mol. The van der Waals surface area contributed by atoms with Gasteiger partial charge in [-0.05, 0) is 64.4 Å². The molecule has 0 radical (unpaired) electrons. The second-order valence-corrected chi connectivity index (χ2v) is 6.91. The Morgan fingerprint density at radius 1 is 0.833 bits per heavy atom. The lowest BCUT2D eigenvalue weighted by atomic mass is 9.97. The molecule has 4 aromatic rings. The van der Waals surface area contributed by atoms with Crippen LogP contribution in [0.4, 0.5) is 0 Å². The van der Waals surface area contributed by atoms with Gasteiger partial charge in [0.1, 0.15) is 6.10 Å². The molecule has 0 amide bonds. The highest BCUT2D eigenvalue weighted by Gasteiger charge is 2.14. The molecular weight excluding hydrogens is 382 g/mol. The van der Waals surface area contributed by atoms with E-state index in [-0.39, 0.29) is 12.3 Å². The van der Waals surface area contributed by atoms with Gasteiger partial charge in [-0.1, -0.05) is 30.3 Å². The maximum atomic E-state index is 12.4. The van der Waals surface area contributed by atoms with Gasteiger partial charge in [-0.2, -0.15) is 0 Å². The molecule has 1 heterocycles. The maximum absolute atomic E-state index is 12.4. The molecule has 0 aliphatic heterocycles. The molecule has 0 fully saturated rings. The Morgan fingerprint density at radius 3 is 2.17 bits per heavy atom. The summed E-state index contributed by atoms with van der Waals surface area (Å²) in [6, 6.07) is 20.6. The SMILES string of the molecule is O=C(O)c1ccc(C(O)c2ccc3ccc(C(=O)OCn4cccc4)cc3c2)cc1. The van der Waals surface area contributed by atoms with Crippen LogP contribution < -0.4 is 0 Å². The topological polar surface area (TPSA) is 88.8 Å². The number of rotatable bonds is 6. The monoisotopic (exact) mass is 401 g/mol. The van der Waals surface area contributed by atoms with E-state index in [9.17, 15) is 14.7 Å². The van der Waals surface area contributed by atoms with Crippen molar-refractivity contribution < 1.29 is 24.5 Å². The zero-order valence-corrected chi connectivity index (χ0v) is 15.9. The second kappa shape index (κ2) is 8.23. The molecule has 0 saturated heterocycles. The number of carboxylic acids is 1. The Balaban J connectivity index is 1.56. The summed E-state index contributed by atoms with van der Waals surface area (Å²) in [4.78, 5) is 23.4. The first-order valence-electron chi connectivity index (χ1n) is 9.34. The fraction of sp³-hybridized carbons (Fsp3) is 0.0833. The van der Waals surface area contributed by atoms with Crippen LogP contribution in [0.5, 0.6) is 0 Å². The van der Waals surface area contributed by atoms with Crippen LogP contribution in [0.15, 0.2) is 85.2 Å². The molecule has 0 aliphatic rings. The van der Waals surface area contributed by atoms with E-state index in [1.807, 2.05) is 48.8 Å². The summed E-state index contributed by atoms with van der Waals surface area (Å²) in [6.07, 6.45) is 2.70. The van der Waals surface area contributed by atoms with Gasteiger partial charge >= 0.3 is 11.9 Å². The highest BCUT2D eigenvalue weighted by molar-refractivity contribution is 5.95. The number of fused-ring (bicyclic) bond motifs is 1. The number of benzene rings is 3. The minimum atomic E-state index is -1.02. The van der Waals surface area contributed by atoms with Crippen molar-refractivity contribution in [1.82, 2.24) is 4.57 Å². The molecule has 30 heavy (non-hydrogen) atoms. The van der Waals surface area contributed by atoms with Crippen molar-refractivity contribution in [3.8, 4) is 0 Å². The fourth-order valence-corrected chi connectivity index (χ4v) is 3.24. The highest BCUT2D eigenvalue weighted by Crippen LogP contribution is 2.26. The number of ether oxygens (including phenoxy) is 1. The van der Waals surface area contributed by atoms with E-state index in [0.29, 0.717) is 16.7 Å². The van der Waals surface area contributed by atoms with E-state index in [1.54, 1.807) is 28.8 Å². The molecule has 1 unspecified atom stereocenters. The average Bonchev–Trinajstić information content (AvgIpc) is 3.30. The van der Waals surface area contributed by atoms with Crippen LogP contribution in [0.25, 0.3) is 10.8 Å². The van der Waals surface area contributed by atoms with Crippen LogP contribution in [-0.4, -0.2) is 26.7 Å². The zero-order chi connectivity index (χ0) is 21.1. The number of esters is 1. The van der Waals surface area contributed by atoms with Gasteiger partial charge in [-0.3, -0.25) is 0 Å². The highest BCUT2D eigenvalue weighted by atomic mass is 16.5. The number of nitrogens with zero attached hydrogens (tertiary/aromatic N) is 1. The number of carboxylic acid groups (broad SMARTS) is 1. The van der Waals surface area contributed by atoms with E-state index < -0.39 is 18.0 Å².